The lowest BCUT2D eigenvalue weighted by atomic mass is 10.2. The molecule has 4 nitrogen and oxygen atoms in total. The van der Waals surface area contributed by atoms with Gasteiger partial charge in [-0.25, -0.2) is 0 Å². The maximum absolute atomic E-state index is 9.08. The van der Waals surface area contributed by atoms with E-state index in [0.717, 1.165) is 44.9 Å². The second kappa shape index (κ2) is 8.38. The second-order valence-electron chi connectivity index (χ2n) is 4.94. The molecule has 0 amide bonds. The maximum atomic E-state index is 9.08. The van der Waals surface area contributed by atoms with Crippen molar-refractivity contribution in [3.8, 4) is 0 Å². The Morgan fingerprint density at radius 3 is 3.11 bits per heavy atom. The van der Waals surface area contributed by atoms with Crippen molar-refractivity contribution < 1.29 is 14.6 Å². The number of ether oxygens (including phenoxy) is 2. The average Bonchev–Trinajstić information content (AvgIpc) is 2.42. The van der Waals surface area contributed by atoms with E-state index in [1.54, 1.807) is 0 Å². The van der Waals surface area contributed by atoms with Gasteiger partial charge in [-0.3, -0.25) is 4.90 Å². The van der Waals surface area contributed by atoms with Gasteiger partial charge in [-0.15, -0.1) is 0 Å². The van der Waals surface area contributed by atoms with Crippen LogP contribution in [0.25, 0.3) is 0 Å². The Balaban J connectivity index is 1.64. The molecule has 2 atom stereocenters. The number of thioether (sulfide) groups is 1. The van der Waals surface area contributed by atoms with Gasteiger partial charge in [0.1, 0.15) is 0 Å². The quantitative estimate of drug-likeness (QED) is 0.792. The van der Waals surface area contributed by atoms with Gasteiger partial charge in [0.25, 0.3) is 0 Å². The summed E-state index contributed by atoms with van der Waals surface area (Å²) in [7, 11) is 0. The summed E-state index contributed by atoms with van der Waals surface area (Å²) in [4.78, 5) is 2.45. The van der Waals surface area contributed by atoms with E-state index in [4.69, 9.17) is 14.6 Å². The molecule has 2 heterocycles. The fourth-order valence-corrected chi connectivity index (χ4v) is 3.72. The van der Waals surface area contributed by atoms with Gasteiger partial charge in [0, 0.05) is 43.9 Å². The number of hydrogen-bond donors (Lipinski definition) is 1. The third kappa shape index (κ3) is 4.70. The van der Waals surface area contributed by atoms with Gasteiger partial charge in [0.15, 0.2) is 6.29 Å². The van der Waals surface area contributed by atoms with Crippen molar-refractivity contribution in [3.05, 3.63) is 0 Å². The summed E-state index contributed by atoms with van der Waals surface area (Å²) in [6.45, 7) is 3.96. The second-order valence-corrected chi connectivity index (χ2v) is 6.09. The summed E-state index contributed by atoms with van der Waals surface area (Å²) in [5, 5.41) is 9.08. The summed E-state index contributed by atoms with van der Waals surface area (Å²) < 4.78 is 11.3. The summed E-state index contributed by atoms with van der Waals surface area (Å²) in [5.74, 6) is 2.34. The van der Waals surface area contributed by atoms with Gasteiger partial charge in [-0.2, -0.15) is 11.8 Å². The summed E-state index contributed by atoms with van der Waals surface area (Å²) in [6.07, 6.45) is 4.33. The molecule has 0 aromatic rings. The maximum Gasteiger partial charge on any atom is 0.157 e. The predicted octanol–water partition coefficient (Wildman–Crippen LogP) is 1.33. The Hall–Kier alpha value is 0.190. The van der Waals surface area contributed by atoms with Crippen LogP contribution in [0.2, 0.25) is 0 Å². The number of aliphatic hydroxyl groups excluding tert-OH is 1. The molecule has 2 aliphatic rings. The molecule has 0 aliphatic carbocycles. The van der Waals surface area contributed by atoms with E-state index in [1.165, 1.54) is 18.6 Å². The summed E-state index contributed by atoms with van der Waals surface area (Å²) in [6, 6.07) is 0.518. The van der Waals surface area contributed by atoms with Crippen molar-refractivity contribution in [3.63, 3.8) is 0 Å². The normalized spacial score (nSPS) is 30.5. The molecule has 1 N–H and O–H groups in total. The van der Waals surface area contributed by atoms with Crippen molar-refractivity contribution in [2.75, 3.05) is 44.4 Å². The van der Waals surface area contributed by atoms with Crippen LogP contribution in [0.4, 0.5) is 0 Å². The molecule has 2 saturated heterocycles. The lowest BCUT2D eigenvalue weighted by Crippen LogP contribution is -2.44. The molecular formula is C13H25NO3S. The first-order valence-corrected chi connectivity index (χ1v) is 8.21. The van der Waals surface area contributed by atoms with Gasteiger partial charge >= 0.3 is 0 Å². The van der Waals surface area contributed by atoms with E-state index in [2.05, 4.69) is 4.90 Å². The van der Waals surface area contributed by atoms with Crippen LogP contribution in [-0.2, 0) is 9.47 Å². The Morgan fingerprint density at radius 2 is 2.33 bits per heavy atom. The largest absolute Gasteiger partial charge is 0.396 e. The van der Waals surface area contributed by atoms with Gasteiger partial charge in [0.05, 0.1) is 6.61 Å². The van der Waals surface area contributed by atoms with Crippen molar-refractivity contribution in [1.29, 1.82) is 0 Å². The molecule has 2 fully saturated rings. The Morgan fingerprint density at radius 1 is 1.39 bits per heavy atom. The van der Waals surface area contributed by atoms with E-state index >= 15 is 0 Å². The van der Waals surface area contributed by atoms with E-state index in [9.17, 15) is 0 Å². The van der Waals surface area contributed by atoms with E-state index in [-0.39, 0.29) is 12.9 Å². The van der Waals surface area contributed by atoms with Crippen molar-refractivity contribution in [1.82, 2.24) is 4.90 Å². The van der Waals surface area contributed by atoms with Crippen LogP contribution in [0.1, 0.15) is 25.7 Å². The molecule has 2 aliphatic heterocycles. The Bertz CT molecular complexity index is 222. The van der Waals surface area contributed by atoms with Gasteiger partial charge in [-0.1, -0.05) is 0 Å². The minimum absolute atomic E-state index is 0.0224. The molecular weight excluding hydrogens is 250 g/mol. The molecule has 0 bridgehead atoms. The van der Waals surface area contributed by atoms with Crippen LogP contribution in [0.3, 0.4) is 0 Å². The highest BCUT2D eigenvalue weighted by atomic mass is 32.2. The minimum atomic E-state index is 0.0224. The number of nitrogens with zero attached hydrogens (tertiary/aromatic N) is 1. The van der Waals surface area contributed by atoms with Crippen molar-refractivity contribution in [2.24, 2.45) is 0 Å². The van der Waals surface area contributed by atoms with E-state index in [0.29, 0.717) is 6.04 Å². The molecule has 5 heteroatoms. The highest BCUT2D eigenvalue weighted by Gasteiger charge is 2.22. The first-order chi connectivity index (χ1) is 8.90. The average molecular weight is 275 g/mol. The molecule has 0 aromatic carbocycles. The zero-order valence-electron chi connectivity index (χ0n) is 11.1. The molecule has 0 radical (unpaired) electrons. The molecule has 2 unspecified atom stereocenters. The molecule has 0 spiro atoms. The van der Waals surface area contributed by atoms with Crippen LogP contribution >= 0.6 is 11.8 Å². The van der Waals surface area contributed by atoms with Crippen LogP contribution in [-0.4, -0.2) is 66.8 Å². The summed E-state index contributed by atoms with van der Waals surface area (Å²) in [5.41, 5.74) is 0. The smallest absolute Gasteiger partial charge is 0.157 e. The predicted molar refractivity (Wildman–Crippen MR) is 73.9 cm³/mol. The highest BCUT2D eigenvalue weighted by molar-refractivity contribution is 7.99. The molecule has 2 rings (SSSR count). The van der Waals surface area contributed by atoms with E-state index in [1.807, 2.05) is 11.8 Å². The zero-order chi connectivity index (χ0) is 12.6. The number of rotatable bonds is 6. The minimum Gasteiger partial charge on any atom is -0.396 e. The van der Waals surface area contributed by atoms with E-state index < -0.39 is 0 Å². The fourth-order valence-electron chi connectivity index (χ4n) is 2.54. The first kappa shape index (κ1) is 14.6. The van der Waals surface area contributed by atoms with Gasteiger partial charge in [-0.05, 0) is 25.7 Å². The van der Waals surface area contributed by atoms with Crippen LogP contribution in [0.15, 0.2) is 0 Å². The van der Waals surface area contributed by atoms with Crippen LogP contribution in [0, 0.1) is 0 Å². The standard InChI is InChI=1S/C13H25NO3S/c15-7-4-12-11-18-10-6-14(12)5-9-17-13-3-1-2-8-16-13/h12-13,15H,1-11H2. The lowest BCUT2D eigenvalue weighted by molar-refractivity contribution is -0.164. The SMILES string of the molecule is OCCC1CSCCN1CCOC1CCCCO1. The van der Waals surface area contributed by atoms with Gasteiger partial charge in [0.2, 0.25) is 0 Å². The Kier molecular flexibility index (Phi) is 6.79. The number of aliphatic hydroxyl groups is 1. The summed E-state index contributed by atoms with van der Waals surface area (Å²) >= 11 is 1.99. The third-order valence-corrected chi connectivity index (χ3v) is 4.72. The molecule has 0 saturated carbocycles. The molecule has 0 aromatic heterocycles. The van der Waals surface area contributed by atoms with Crippen LogP contribution < -0.4 is 0 Å². The van der Waals surface area contributed by atoms with Crippen LogP contribution in [0.5, 0.6) is 0 Å². The zero-order valence-corrected chi connectivity index (χ0v) is 11.9. The number of hydrogen-bond acceptors (Lipinski definition) is 5. The van der Waals surface area contributed by atoms with Crippen molar-refractivity contribution in [2.45, 2.75) is 38.0 Å². The topological polar surface area (TPSA) is 41.9 Å². The Labute approximate surface area is 114 Å². The highest BCUT2D eigenvalue weighted by Crippen LogP contribution is 2.19. The fraction of sp³-hybridized carbons (Fsp3) is 1.00. The molecule has 106 valence electrons. The third-order valence-electron chi connectivity index (χ3n) is 3.63. The van der Waals surface area contributed by atoms with Gasteiger partial charge < -0.3 is 14.6 Å². The lowest BCUT2D eigenvalue weighted by Gasteiger charge is -2.35. The molecule has 18 heavy (non-hydrogen) atoms. The van der Waals surface area contributed by atoms with Crippen molar-refractivity contribution >= 4 is 11.8 Å². The first-order valence-electron chi connectivity index (χ1n) is 7.06. The monoisotopic (exact) mass is 275 g/mol.